The number of carbonyl (C=O) groups excluding carboxylic acids is 1. The minimum atomic E-state index is -1.06. The van der Waals surface area contributed by atoms with Gasteiger partial charge in [-0.25, -0.2) is 14.2 Å². The van der Waals surface area contributed by atoms with E-state index >= 15 is 0 Å². The summed E-state index contributed by atoms with van der Waals surface area (Å²) in [6.45, 7) is 0.0936. The molecule has 1 heterocycles. The number of nitrogens with zero attached hydrogens (tertiary/aromatic N) is 2. The number of halogens is 2. The first-order valence-corrected chi connectivity index (χ1v) is 11.8. The maximum Gasteiger partial charge on any atom is 0.335 e. The van der Waals surface area contributed by atoms with E-state index in [9.17, 15) is 19.1 Å². The van der Waals surface area contributed by atoms with Crippen molar-refractivity contribution >= 4 is 52.2 Å². The van der Waals surface area contributed by atoms with Gasteiger partial charge in [-0.15, -0.1) is 0 Å². The molecule has 1 saturated heterocycles. The van der Waals surface area contributed by atoms with Gasteiger partial charge in [-0.05, 0) is 71.4 Å². The number of carbonyl (C=O) groups is 2. The number of aliphatic imine (C=N–C) groups is 1. The zero-order valence-electron chi connectivity index (χ0n) is 19.2. The number of carboxylic acid groups (broad SMARTS) is 1. The summed E-state index contributed by atoms with van der Waals surface area (Å²) >= 11 is 7.61. The molecule has 36 heavy (non-hydrogen) atoms. The number of thioether (sulfide) groups is 1. The molecular formula is C26H20ClFN2O5S. The minimum absolute atomic E-state index is 0.0936. The molecule has 1 aliphatic rings. The van der Waals surface area contributed by atoms with E-state index in [1.165, 1.54) is 36.3 Å². The lowest BCUT2D eigenvalue weighted by atomic mass is 10.1. The van der Waals surface area contributed by atoms with E-state index in [1.54, 1.807) is 49.5 Å². The van der Waals surface area contributed by atoms with Crippen molar-refractivity contribution in [1.82, 2.24) is 4.90 Å². The molecule has 10 heteroatoms. The van der Waals surface area contributed by atoms with Gasteiger partial charge >= 0.3 is 5.97 Å². The van der Waals surface area contributed by atoms with Crippen LogP contribution in [-0.2, 0) is 11.4 Å². The Morgan fingerprint density at radius 3 is 2.69 bits per heavy atom. The second-order valence-electron chi connectivity index (χ2n) is 7.68. The zero-order valence-corrected chi connectivity index (χ0v) is 20.8. The number of benzene rings is 3. The standard InChI is InChI=1S/C26H20ClFN2O5S/c1-30-24(31)22(36-26(30)29-19-8-4-6-17(13-19)25(32)33)12-16-10-20(27)23(21(11-16)34-2)35-14-15-5-3-7-18(28)9-15/h3-13H,14H2,1-2H3,(H,32,33). The molecule has 1 amide bonds. The van der Waals surface area contributed by atoms with Gasteiger partial charge in [0.25, 0.3) is 5.91 Å². The van der Waals surface area contributed by atoms with E-state index in [1.807, 2.05) is 0 Å². The lowest BCUT2D eigenvalue weighted by Crippen LogP contribution is -2.23. The van der Waals surface area contributed by atoms with Crippen LogP contribution in [-0.4, -0.2) is 41.2 Å². The summed E-state index contributed by atoms with van der Waals surface area (Å²) in [6.07, 6.45) is 1.66. The molecule has 0 aromatic heterocycles. The van der Waals surface area contributed by atoms with Crippen molar-refractivity contribution in [3.05, 3.63) is 93.1 Å². The second kappa shape index (κ2) is 10.8. The van der Waals surface area contributed by atoms with E-state index in [0.29, 0.717) is 38.4 Å². The quantitative estimate of drug-likeness (QED) is 0.380. The van der Waals surface area contributed by atoms with Gasteiger partial charge in [-0.1, -0.05) is 29.8 Å². The van der Waals surface area contributed by atoms with Crippen molar-refractivity contribution in [2.24, 2.45) is 4.99 Å². The molecule has 1 aliphatic heterocycles. The van der Waals surface area contributed by atoms with Crippen LogP contribution in [0.25, 0.3) is 6.08 Å². The van der Waals surface area contributed by atoms with Crippen LogP contribution >= 0.6 is 23.4 Å². The third kappa shape index (κ3) is 5.69. The molecule has 0 aliphatic carbocycles. The minimum Gasteiger partial charge on any atom is -0.493 e. The highest BCUT2D eigenvalue weighted by molar-refractivity contribution is 8.18. The number of amides is 1. The van der Waals surface area contributed by atoms with Crippen LogP contribution < -0.4 is 9.47 Å². The van der Waals surface area contributed by atoms with Crippen molar-refractivity contribution in [1.29, 1.82) is 0 Å². The fourth-order valence-electron chi connectivity index (χ4n) is 3.37. The van der Waals surface area contributed by atoms with E-state index in [2.05, 4.69) is 4.99 Å². The molecule has 3 aromatic carbocycles. The number of ether oxygens (including phenoxy) is 2. The number of aromatic carboxylic acids is 1. The molecule has 0 spiro atoms. The van der Waals surface area contributed by atoms with Crippen LogP contribution in [0.2, 0.25) is 5.02 Å². The number of likely N-dealkylation sites (N-methyl/N-ethyl adjacent to an activating group) is 1. The number of hydrogen-bond donors (Lipinski definition) is 1. The number of methoxy groups -OCH3 is 1. The van der Waals surface area contributed by atoms with E-state index in [0.717, 1.165) is 11.8 Å². The first kappa shape index (κ1) is 25.3. The molecule has 0 radical (unpaired) electrons. The predicted molar refractivity (Wildman–Crippen MR) is 138 cm³/mol. The Bertz CT molecular complexity index is 1410. The lowest BCUT2D eigenvalue weighted by molar-refractivity contribution is -0.121. The van der Waals surface area contributed by atoms with Gasteiger partial charge in [-0.2, -0.15) is 0 Å². The van der Waals surface area contributed by atoms with Crippen LogP contribution in [0.1, 0.15) is 21.5 Å². The van der Waals surface area contributed by atoms with Gasteiger partial charge in [0.2, 0.25) is 0 Å². The maximum atomic E-state index is 13.4. The largest absolute Gasteiger partial charge is 0.493 e. The zero-order chi connectivity index (χ0) is 25.8. The van der Waals surface area contributed by atoms with E-state index < -0.39 is 5.97 Å². The fraction of sp³-hybridized carbons (Fsp3) is 0.115. The van der Waals surface area contributed by atoms with Crippen LogP contribution in [0.3, 0.4) is 0 Å². The SMILES string of the molecule is COc1cc(C=C2SC(=Nc3cccc(C(=O)O)c3)N(C)C2=O)cc(Cl)c1OCc1cccc(F)c1. The van der Waals surface area contributed by atoms with Crippen LogP contribution in [0.4, 0.5) is 10.1 Å². The Labute approximate surface area is 215 Å². The average Bonchev–Trinajstić information content (AvgIpc) is 3.10. The summed E-state index contributed by atoms with van der Waals surface area (Å²) in [5.74, 6) is -1.04. The van der Waals surface area contributed by atoms with Gasteiger partial charge in [0, 0.05) is 7.05 Å². The van der Waals surface area contributed by atoms with Crippen molar-refractivity contribution in [3.8, 4) is 11.5 Å². The van der Waals surface area contributed by atoms with Gasteiger partial charge < -0.3 is 14.6 Å². The van der Waals surface area contributed by atoms with Crippen molar-refractivity contribution in [3.63, 3.8) is 0 Å². The molecule has 0 saturated carbocycles. The molecule has 1 N–H and O–H groups in total. The third-order valence-corrected chi connectivity index (χ3v) is 6.48. The van der Waals surface area contributed by atoms with Crippen LogP contribution in [0.15, 0.2) is 70.6 Å². The highest BCUT2D eigenvalue weighted by atomic mass is 35.5. The smallest absolute Gasteiger partial charge is 0.335 e. The second-order valence-corrected chi connectivity index (χ2v) is 9.09. The number of hydrogen-bond acceptors (Lipinski definition) is 6. The highest BCUT2D eigenvalue weighted by Crippen LogP contribution is 2.39. The monoisotopic (exact) mass is 526 g/mol. The van der Waals surface area contributed by atoms with Gasteiger partial charge in [0.15, 0.2) is 16.7 Å². The maximum absolute atomic E-state index is 13.4. The summed E-state index contributed by atoms with van der Waals surface area (Å²) in [6, 6.07) is 15.5. The first-order valence-electron chi connectivity index (χ1n) is 10.6. The molecule has 184 valence electrons. The predicted octanol–water partition coefficient (Wildman–Crippen LogP) is 6.00. The Hall–Kier alpha value is -3.82. The molecule has 0 bridgehead atoms. The average molecular weight is 527 g/mol. The number of carboxylic acids is 1. The Kier molecular flexibility index (Phi) is 7.61. The fourth-order valence-corrected chi connectivity index (χ4v) is 4.63. The van der Waals surface area contributed by atoms with E-state index in [4.69, 9.17) is 21.1 Å². The molecule has 0 unspecified atom stereocenters. The molecule has 7 nitrogen and oxygen atoms in total. The third-order valence-electron chi connectivity index (χ3n) is 5.14. The number of amidine groups is 1. The molecule has 0 atom stereocenters. The van der Waals surface area contributed by atoms with Crippen molar-refractivity contribution < 1.29 is 28.6 Å². The van der Waals surface area contributed by atoms with Gasteiger partial charge in [0.05, 0.1) is 28.3 Å². The normalized spacial score (nSPS) is 15.6. The van der Waals surface area contributed by atoms with Gasteiger partial charge in [-0.3, -0.25) is 9.69 Å². The van der Waals surface area contributed by atoms with E-state index in [-0.39, 0.29) is 28.9 Å². The first-order chi connectivity index (χ1) is 17.2. The summed E-state index contributed by atoms with van der Waals surface area (Å²) in [4.78, 5) is 30.3. The van der Waals surface area contributed by atoms with Crippen molar-refractivity contribution in [2.45, 2.75) is 6.61 Å². The highest BCUT2D eigenvalue weighted by Gasteiger charge is 2.30. The number of rotatable bonds is 7. The Balaban J connectivity index is 1.57. The van der Waals surface area contributed by atoms with Gasteiger partial charge in [0.1, 0.15) is 12.4 Å². The molecular weight excluding hydrogens is 507 g/mol. The lowest BCUT2D eigenvalue weighted by Gasteiger charge is -2.13. The summed E-state index contributed by atoms with van der Waals surface area (Å²) < 4.78 is 24.7. The topological polar surface area (TPSA) is 88.4 Å². The molecule has 3 aromatic rings. The van der Waals surface area contributed by atoms with Crippen molar-refractivity contribution in [2.75, 3.05) is 14.2 Å². The summed E-state index contributed by atoms with van der Waals surface area (Å²) in [5, 5.41) is 9.85. The summed E-state index contributed by atoms with van der Waals surface area (Å²) in [7, 11) is 3.06. The summed E-state index contributed by atoms with van der Waals surface area (Å²) in [5.41, 5.74) is 1.76. The Morgan fingerprint density at radius 2 is 1.97 bits per heavy atom. The van der Waals surface area contributed by atoms with Crippen LogP contribution in [0.5, 0.6) is 11.5 Å². The molecule has 4 rings (SSSR count). The Morgan fingerprint density at radius 1 is 1.19 bits per heavy atom. The molecule has 1 fully saturated rings. The van der Waals surface area contributed by atoms with Crippen LogP contribution in [0, 0.1) is 5.82 Å².